The number of rotatable bonds is 2. The number of carbonyl (C=O) groups is 1. The van der Waals surface area contributed by atoms with Crippen molar-refractivity contribution >= 4 is 23.1 Å². The quantitative estimate of drug-likeness (QED) is 0.778. The number of hydrogen-bond donors (Lipinski definition) is 0. The Morgan fingerprint density at radius 1 is 1.44 bits per heavy atom. The molecule has 3 rings (SSSR count). The van der Waals surface area contributed by atoms with Crippen molar-refractivity contribution in [2.24, 2.45) is 4.99 Å². The first-order chi connectivity index (χ1) is 7.84. The van der Waals surface area contributed by atoms with E-state index in [2.05, 4.69) is 11.1 Å². The van der Waals surface area contributed by atoms with Gasteiger partial charge in [-0.15, -0.1) is 11.3 Å². The second kappa shape index (κ2) is 3.72. The maximum absolute atomic E-state index is 11.8. The number of allylic oxidation sites excluding steroid dienone is 2. The van der Waals surface area contributed by atoms with Crippen LogP contribution < -0.4 is 0 Å². The highest BCUT2D eigenvalue weighted by Crippen LogP contribution is 2.22. The van der Waals surface area contributed by atoms with E-state index in [1.54, 1.807) is 11.3 Å². The van der Waals surface area contributed by atoms with Crippen LogP contribution in [-0.2, 0) is 11.2 Å². The molecule has 0 aromatic carbocycles. The first-order valence-corrected chi connectivity index (χ1v) is 6.01. The van der Waals surface area contributed by atoms with Crippen molar-refractivity contribution in [2.75, 3.05) is 0 Å². The molecule has 16 heavy (non-hydrogen) atoms. The van der Waals surface area contributed by atoms with E-state index in [-0.39, 0.29) is 11.9 Å². The standard InChI is InChI=1S/C12H10N2OS/c15-12-10(8-9-4-3-7-16-9)14-6-2-1-5-11(14)13-12/h1-7,10H,8H2. The van der Waals surface area contributed by atoms with E-state index in [1.165, 1.54) is 4.88 Å². The lowest BCUT2D eigenvalue weighted by Gasteiger charge is -2.22. The largest absolute Gasteiger partial charge is 0.320 e. The monoisotopic (exact) mass is 230 g/mol. The Kier molecular flexibility index (Phi) is 2.22. The molecule has 1 aromatic rings. The molecule has 2 aliphatic heterocycles. The van der Waals surface area contributed by atoms with Crippen molar-refractivity contribution in [3.8, 4) is 0 Å². The minimum absolute atomic E-state index is 0.0420. The van der Waals surface area contributed by atoms with Crippen molar-refractivity contribution in [1.29, 1.82) is 0 Å². The average Bonchev–Trinajstić information content (AvgIpc) is 2.89. The van der Waals surface area contributed by atoms with Crippen LogP contribution in [-0.4, -0.2) is 22.7 Å². The molecule has 0 radical (unpaired) electrons. The normalized spacial score (nSPS) is 22.5. The Balaban J connectivity index is 1.85. The van der Waals surface area contributed by atoms with Crippen molar-refractivity contribution in [1.82, 2.24) is 4.90 Å². The maximum Gasteiger partial charge on any atom is 0.271 e. The third-order valence-electron chi connectivity index (χ3n) is 2.69. The molecule has 3 nitrogen and oxygen atoms in total. The topological polar surface area (TPSA) is 32.7 Å². The first-order valence-electron chi connectivity index (χ1n) is 5.13. The molecule has 0 fully saturated rings. The van der Waals surface area contributed by atoms with E-state index in [0.717, 1.165) is 12.3 Å². The summed E-state index contributed by atoms with van der Waals surface area (Å²) in [6.07, 6.45) is 8.35. The summed E-state index contributed by atoms with van der Waals surface area (Å²) in [6.45, 7) is 0. The summed E-state index contributed by atoms with van der Waals surface area (Å²) in [5.74, 6) is 0.716. The van der Waals surface area contributed by atoms with Gasteiger partial charge in [-0.05, 0) is 23.6 Å². The van der Waals surface area contributed by atoms with Crippen LogP contribution in [0.25, 0.3) is 0 Å². The lowest BCUT2D eigenvalue weighted by atomic mass is 10.1. The fourth-order valence-corrected chi connectivity index (χ4v) is 2.66. The zero-order chi connectivity index (χ0) is 11.0. The summed E-state index contributed by atoms with van der Waals surface area (Å²) in [7, 11) is 0. The minimum atomic E-state index is -0.158. The molecule has 1 aromatic heterocycles. The Bertz CT molecular complexity index is 499. The van der Waals surface area contributed by atoms with Gasteiger partial charge in [-0.1, -0.05) is 12.1 Å². The molecule has 4 heteroatoms. The van der Waals surface area contributed by atoms with Crippen molar-refractivity contribution < 1.29 is 4.79 Å². The van der Waals surface area contributed by atoms with Crippen molar-refractivity contribution in [3.05, 3.63) is 46.8 Å². The Morgan fingerprint density at radius 3 is 3.19 bits per heavy atom. The summed E-state index contributed by atoms with van der Waals surface area (Å²) in [4.78, 5) is 19.0. The minimum Gasteiger partial charge on any atom is -0.320 e. The highest BCUT2D eigenvalue weighted by Gasteiger charge is 2.33. The first kappa shape index (κ1) is 9.54. The highest BCUT2D eigenvalue weighted by atomic mass is 32.1. The molecule has 0 saturated carbocycles. The zero-order valence-corrected chi connectivity index (χ0v) is 9.35. The predicted octanol–water partition coefficient (Wildman–Crippen LogP) is 1.98. The van der Waals surface area contributed by atoms with E-state index in [4.69, 9.17) is 0 Å². The molecule has 0 N–H and O–H groups in total. The van der Waals surface area contributed by atoms with Gasteiger partial charge < -0.3 is 4.90 Å². The number of amides is 1. The van der Waals surface area contributed by atoms with E-state index in [1.807, 2.05) is 40.8 Å². The van der Waals surface area contributed by atoms with Crippen LogP contribution in [0, 0.1) is 0 Å². The fraction of sp³-hybridized carbons (Fsp3) is 0.167. The van der Waals surface area contributed by atoms with Gasteiger partial charge in [0.15, 0.2) is 0 Å². The summed E-state index contributed by atoms with van der Waals surface area (Å²) in [6, 6.07) is 3.90. The predicted molar refractivity (Wildman–Crippen MR) is 64.4 cm³/mol. The van der Waals surface area contributed by atoms with Crippen LogP contribution in [0.3, 0.4) is 0 Å². The summed E-state index contributed by atoms with van der Waals surface area (Å²) in [5, 5.41) is 2.03. The van der Waals surface area contributed by atoms with E-state index in [9.17, 15) is 4.79 Å². The Hall–Kier alpha value is -1.68. The van der Waals surface area contributed by atoms with Gasteiger partial charge in [-0.3, -0.25) is 4.79 Å². The molecular formula is C12H10N2OS. The van der Waals surface area contributed by atoms with Gasteiger partial charge in [-0.25, -0.2) is 0 Å². The number of aliphatic imine (C=N–C) groups is 1. The average molecular weight is 230 g/mol. The number of nitrogens with zero attached hydrogens (tertiary/aromatic N) is 2. The molecule has 0 aliphatic carbocycles. The third-order valence-corrected chi connectivity index (χ3v) is 3.59. The number of carbonyl (C=O) groups excluding carboxylic acids is 1. The van der Waals surface area contributed by atoms with Gasteiger partial charge in [0.2, 0.25) is 0 Å². The van der Waals surface area contributed by atoms with Crippen LogP contribution in [0.2, 0.25) is 0 Å². The van der Waals surface area contributed by atoms with Gasteiger partial charge in [0, 0.05) is 17.5 Å². The van der Waals surface area contributed by atoms with Gasteiger partial charge in [0.25, 0.3) is 5.91 Å². The SMILES string of the molecule is O=C1N=C2C=CC=CN2C1Cc1cccs1. The highest BCUT2D eigenvalue weighted by molar-refractivity contribution is 7.09. The fourth-order valence-electron chi connectivity index (χ4n) is 1.92. The Morgan fingerprint density at radius 2 is 2.38 bits per heavy atom. The van der Waals surface area contributed by atoms with Gasteiger partial charge in [-0.2, -0.15) is 4.99 Å². The van der Waals surface area contributed by atoms with E-state index >= 15 is 0 Å². The molecule has 0 saturated heterocycles. The molecule has 80 valence electrons. The number of hydrogen-bond acceptors (Lipinski definition) is 3. The molecule has 3 heterocycles. The number of amidine groups is 1. The molecule has 1 unspecified atom stereocenters. The zero-order valence-electron chi connectivity index (χ0n) is 8.54. The lowest BCUT2D eigenvalue weighted by molar-refractivity contribution is -0.119. The summed E-state index contributed by atoms with van der Waals surface area (Å²) >= 11 is 1.68. The van der Waals surface area contributed by atoms with Crippen LogP contribution in [0.1, 0.15) is 4.88 Å². The van der Waals surface area contributed by atoms with Gasteiger partial charge >= 0.3 is 0 Å². The third kappa shape index (κ3) is 1.51. The molecule has 1 atom stereocenters. The maximum atomic E-state index is 11.8. The molecule has 1 amide bonds. The Labute approximate surface area is 97.4 Å². The summed E-state index contributed by atoms with van der Waals surface area (Å²) < 4.78 is 0. The van der Waals surface area contributed by atoms with Gasteiger partial charge in [0.1, 0.15) is 11.9 Å². The summed E-state index contributed by atoms with van der Waals surface area (Å²) in [5.41, 5.74) is 0. The number of thiophene rings is 1. The lowest BCUT2D eigenvalue weighted by Crippen LogP contribution is -2.35. The van der Waals surface area contributed by atoms with Crippen LogP contribution >= 0.6 is 11.3 Å². The molecule has 2 aliphatic rings. The van der Waals surface area contributed by atoms with E-state index in [0.29, 0.717) is 0 Å². The van der Waals surface area contributed by atoms with Crippen LogP contribution in [0.5, 0.6) is 0 Å². The second-order valence-corrected chi connectivity index (χ2v) is 4.75. The molecule has 0 bridgehead atoms. The smallest absolute Gasteiger partial charge is 0.271 e. The second-order valence-electron chi connectivity index (χ2n) is 3.72. The van der Waals surface area contributed by atoms with Gasteiger partial charge in [0.05, 0.1) is 0 Å². The van der Waals surface area contributed by atoms with Crippen LogP contribution in [0.15, 0.2) is 46.9 Å². The molecule has 0 spiro atoms. The molecular weight excluding hydrogens is 220 g/mol. The van der Waals surface area contributed by atoms with Crippen molar-refractivity contribution in [2.45, 2.75) is 12.5 Å². The number of fused-ring (bicyclic) bond motifs is 1. The van der Waals surface area contributed by atoms with E-state index < -0.39 is 0 Å². The van der Waals surface area contributed by atoms with Crippen LogP contribution in [0.4, 0.5) is 0 Å². The van der Waals surface area contributed by atoms with Crippen molar-refractivity contribution in [3.63, 3.8) is 0 Å².